The van der Waals surface area contributed by atoms with Gasteiger partial charge in [0.25, 0.3) is 11.8 Å². The van der Waals surface area contributed by atoms with Gasteiger partial charge >= 0.3 is 0 Å². The third kappa shape index (κ3) is 16.8. The standard InChI is InChI=1S/C33H44N6O12S/c40-21(4-2-14-38-30(48)12-13-31(38)49)17-36-28(46)10-8-23(42)19-34-26(44)6-1-7-27(45)35-20-24(43)9-11-29(47)37-18-22(41)5-3-15-39-32(50)16-25(52)33(39)51/h12-13,25,52H,1-11,14-20H2,(H,34,44)(H,35,45)(H,36,46)(H,37,47). The number of likely N-dealkylation sites (tertiary alicyclic amines) is 1. The van der Waals surface area contributed by atoms with Crippen LogP contribution in [0.25, 0.3) is 0 Å². The van der Waals surface area contributed by atoms with Crippen molar-refractivity contribution in [3.8, 4) is 0 Å². The second kappa shape index (κ2) is 22.7. The van der Waals surface area contributed by atoms with Gasteiger partial charge < -0.3 is 21.3 Å². The van der Waals surface area contributed by atoms with Crippen LogP contribution in [0, 0.1) is 0 Å². The molecule has 0 bridgehead atoms. The summed E-state index contributed by atoms with van der Waals surface area (Å²) in [6.45, 7) is -0.984. The van der Waals surface area contributed by atoms with E-state index in [1.807, 2.05) is 0 Å². The third-order valence-corrected chi connectivity index (χ3v) is 8.20. The topological polar surface area (TPSA) is 259 Å². The minimum atomic E-state index is -0.661. The highest BCUT2D eigenvalue weighted by atomic mass is 32.1. The summed E-state index contributed by atoms with van der Waals surface area (Å²) < 4.78 is 0. The molecule has 1 saturated heterocycles. The van der Waals surface area contributed by atoms with Gasteiger partial charge in [0.2, 0.25) is 35.4 Å². The van der Waals surface area contributed by atoms with E-state index in [1.165, 1.54) is 0 Å². The van der Waals surface area contributed by atoms with Gasteiger partial charge in [0, 0.05) is 83.0 Å². The molecule has 2 aliphatic heterocycles. The largest absolute Gasteiger partial charge is 0.349 e. The fourth-order valence-corrected chi connectivity index (χ4v) is 5.13. The molecule has 2 heterocycles. The van der Waals surface area contributed by atoms with E-state index in [0.717, 1.165) is 22.0 Å². The van der Waals surface area contributed by atoms with Gasteiger partial charge in [0.15, 0.2) is 23.1 Å². The molecule has 2 aliphatic rings. The third-order valence-electron chi connectivity index (χ3n) is 7.80. The lowest BCUT2D eigenvalue weighted by molar-refractivity contribution is -0.139. The predicted octanol–water partition coefficient (Wildman–Crippen LogP) is -2.00. The van der Waals surface area contributed by atoms with Crippen molar-refractivity contribution in [1.29, 1.82) is 0 Å². The molecule has 4 N–H and O–H groups in total. The minimum absolute atomic E-state index is 0.0267. The molecule has 284 valence electrons. The summed E-state index contributed by atoms with van der Waals surface area (Å²) in [6.07, 6.45) is 2.17. The molecule has 52 heavy (non-hydrogen) atoms. The summed E-state index contributed by atoms with van der Waals surface area (Å²) in [5.41, 5.74) is 0. The predicted molar refractivity (Wildman–Crippen MR) is 183 cm³/mol. The van der Waals surface area contributed by atoms with Crippen molar-refractivity contribution in [3.63, 3.8) is 0 Å². The van der Waals surface area contributed by atoms with Crippen molar-refractivity contribution in [2.24, 2.45) is 0 Å². The number of carbonyl (C=O) groups excluding carboxylic acids is 12. The first-order valence-electron chi connectivity index (χ1n) is 16.9. The molecule has 19 heteroatoms. The van der Waals surface area contributed by atoms with Crippen LogP contribution >= 0.6 is 12.6 Å². The van der Waals surface area contributed by atoms with Gasteiger partial charge in [-0.2, -0.15) is 12.6 Å². The Kier molecular flexibility index (Phi) is 18.8. The highest BCUT2D eigenvalue weighted by molar-refractivity contribution is 7.81. The summed E-state index contributed by atoms with van der Waals surface area (Å²) in [5.74, 6) is -5.10. The fourth-order valence-electron chi connectivity index (χ4n) is 4.83. The highest BCUT2D eigenvalue weighted by Gasteiger charge is 2.35. The van der Waals surface area contributed by atoms with Crippen molar-refractivity contribution >= 4 is 83.0 Å². The summed E-state index contributed by atoms with van der Waals surface area (Å²) >= 11 is 4.03. The fraction of sp³-hybridized carbons (Fsp3) is 0.576. The monoisotopic (exact) mass is 748 g/mol. The van der Waals surface area contributed by atoms with Crippen LogP contribution in [0.2, 0.25) is 0 Å². The van der Waals surface area contributed by atoms with Gasteiger partial charge in [0.05, 0.1) is 31.4 Å². The van der Waals surface area contributed by atoms with Crippen LogP contribution in [-0.2, 0) is 57.5 Å². The zero-order valence-electron chi connectivity index (χ0n) is 28.7. The first-order chi connectivity index (χ1) is 24.7. The maximum Gasteiger partial charge on any atom is 0.253 e. The smallest absolute Gasteiger partial charge is 0.253 e. The van der Waals surface area contributed by atoms with E-state index in [-0.39, 0.29) is 134 Å². The van der Waals surface area contributed by atoms with Crippen LogP contribution in [0.4, 0.5) is 0 Å². The molecular weight excluding hydrogens is 704 g/mol. The number of nitrogens with zero attached hydrogens (tertiary/aromatic N) is 2. The van der Waals surface area contributed by atoms with E-state index in [9.17, 15) is 57.5 Å². The molecule has 2 rings (SSSR count). The van der Waals surface area contributed by atoms with Crippen LogP contribution in [0.1, 0.15) is 77.0 Å². The molecule has 1 unspecified atom stereocenters. The van der Waals surface area contributed by atoms with Crippen LogP contribution in [-0.4, -0.2) is 125 Å². The highest BCUT2D eigenvalue weighted by Crippen LogP contribution is 2.18. The molecule has 0 radical (unpaired) electrons. The first kappa shape index (κ1) is 43.1. The number of carbonyl (C=O) groups is 12. The van der Waals surface area contributed by atoms with Crippen LogP contribution in [0.3, 0.4) is 0 Å². The van der Waals surface area contributed by atoms with E-state index in [2.05, 4.69) is 33.9 Å². The lowest BCUT2D eigenvalue weighted by Crippen LogP contribution is -2.34. The quantitative estimate of drug-likeness (QED) is 0.0476. The first-order valence-corrected chi connectivity index (χ1v) is 17.4. The van der Waals surface area contributed by atoms with Gasteiger partial charge in [-0.05, 0) is 19.3 Å². The zero-order valence-corrected chi connectivity index (χ0v) is 29.6. The van der Waals surface area contributed by atoms with Crippen molar-refractivity contribution < 1.29 is 57.5 Å². The van der Waals surface area contributed by atoms with Crippen LogP contribution in [0.5, 0.6) is 0 Å². The number of amides is 8. The average molecular weight is 749 g/mol. The van der Waals surface area contributed by atoms with Crippen molar-refractivity contribution in [2.75, 3.05) is 39.3 Å². The van der Waals surface area contributed by atoms with Crippen molar-refractivity contribution in [1.82, 2.24) is 31.1 Å². The molecule has 18 nitrogen and oxygen atoms in total. The van der Waals surface area contributed by atoms with E-state index >= 15 is 0 Å². The summed E-state index contributed by atoms with van der Waals surface area (Å²) in [6, 6.07) is 0. The number of nitrogens with one attached hydrogen (secondary N) is 4. The Bertz CT molecular complexity index is 1460. The van der Waals surface area contributed by atoms with Gasteiger partial charge in [-0.15, -0.1) is 0 Å². The number of rotatable bonds is 26. The number of Topliss-reactive ketones (excluding diaryl/α,β-unsaturated/α-hetero) is 4. The molecule has 0 spiro atoms. The van der Waals surface area contributed by atoms with Gasteiger partial charge in [-0.3, -0.25) is 67.3 Å². The van der Waals surface area contributed by atoms with Crippen LogP contribution in [0.15, 0.2) is 12.2 Å². The Balaban J connectivity index is 1.44. The summed E-state index contributed by atoms with van der Waals surface area (Å²) in [5, 5.41) is 8.94. The number of hydrogen-bond donors (Lipinski definition) is 5. The zero-order chi connectivity index (χ0) is 38.6. The Morgan fingerprint density at radius 2 is 0.885 bits per heavy atom. The molecule has 1 fully saturated rings. The SMILES string of the molecule is O=C(CCC(=O)NCC(=O)CCCN1C(=O)C=CC1=O)CNC(=O)CCCC(=O)NCC(=O)CCC(=O)NCC(=O)CCCN1C(=O)CC(S)C1=O. The number of imide groups is 2. The van der Waals surface area contributed by atoms with Crippen molar-refractivity contribution in [2.45, 2.75) is 82.3 Å². The molecule has 8 amide bonds. The number of thiol groups is 1. The Morgan fingerprint density at radius 3 is 1.27 bits per heavy atom. The molecule has 0 aromatic carbocycles. The molecule has 1 atom stereocenters. The number of hydrogen-bond acceptors (Lipinski definition) is 13. The second-order valence-electron chi connectivity index (χ2n) is 12.1. The Hall–Kier alpha value is -5.07. The lowest BCUT2D eigenvalue weighted by atomic mass is 10.1. The molecule has 0 aromatic rings. The van der Waals surface area contributed by atoms with Gasteiger partial charge in [-0.1, -0.05) is 0 Å². The molecule has 0 aliphatic carbocycles. The van der Waals surface area contributed by atoms with E-state index in [1.54, 1.807) is 0 Å². The Labute approximate surface area is 305 Å². The van der Waals surface area contributed by atoms with Gasteiger partial charge in [-0.25, -0.2) is 0 Å². The van der Waals surface area contributed by atoms with Crippen molar-refractivity contribution in [3.05, 3.63) is 12.2 Å². The van der Waals surface area contributed by atoms with E-state index in [0.29, 0.717) is 0 Å². The average Bonchev–Trinajstić information content (AvgIpc) is 3.55. The normalized spacial score (nSPS) is 15.1. The van der Waals surface area contributed by atoms with E-state index in [4.69, 9.17) is 0 Å². The van der Waals surface area contributed by atoms with Gasteiger partial charge in [0.1, 0.15) is 0 Å². The molecule has 0 saturated carbocycles. The molecule has 0 aromatic heterocycles. The summed E-state index contributed by atoms with van der Waals surface area (Å²) in [7, 11) is 0. The van der Waals surface area contributed by atoms with E-state index < -0.39 is 58.2 Å². The minimum Gasteiger partial charge on any atom is -0.349 e. The summed E-state index contributed by atoms with van der Waals surface area (Å²) in [4.78, 5) is 145. The maximum atomic E-state index is 12.0. The lowest BCUT2D eigenvalue weighted by Gasteiger charge is -2.13. The Morgan fingerprint density at radius 1 is 0.519 bits per heavy atom. The molecular formula is C33H44N6O12S. The van der Waals surface area contributed by atoms with Crippen LogP contribution < -0.4 is 21.3 Å². The maximum absolute atomic E-state index is 12.0. The number of ketones is 4. The second-order valence-corrected chi connectivity index (χ2v) is 12.7.